The first-order chi connectivity index (χ1) is 5.24. The molecule has 0 fully saturated rings. The predicted octanol–water partition coefficient (Wildman–Crippen LogP) is 0.977. The predicted molar refractivity (Wildman–Crippen MR) is 43.1 cm³/mol. The molecule has 0 aliphatic heterocycles. The maximum atomic E-state index is 10.4. The van der Waals surface area contributed by atoms with Crippen molar-refractivity contribution in [2.45, 2.75) is 13.3 Å². The minimum atomic E-state index is -2.41. The van der Waals surface area contributed by atoms with Crippen LogP contribution in [0.2, 0.25) is 0 Å². The largest absolute Gasteiger partial charge is 0.591 e. The van der Waals surface area contributed by atoms with Crippen molar-refractivity contribution < 1.29 is 9.46 Å². The fourth-order valence-electron chi connectivity index (χ4n) is 0.853. The topological polar surface area (TPSA) is 40.1 Å². The quantitative estimate of drug-likeness (QED) is 0.617. The van der Waals surface area contributed by atoms with Crippen LogP contribution in [0.4, 0.5) is 0 Å². The fourth-order valence-corrected chi connectivity index (χ4v) is 1.25. The smallest absolute Gasteiger partial charge is 0.348 e. The van der Waals surface area contributed by atoms with Gasteiger partial charge in [-0.3, -0.25) is 0 Å². The molecule has 0 heterocycles. The van der Waals surface area contributed by atoms with Crippen LogP contribution in [0.1, 0.15) is 12.5 Å². The van der Waals surface area contributed by atoms with E-state index in [1.807, 2.05) is 19.1 Å². The van der Waals surface area contributed by atoms with E-state index in [1.165, 1.54) is 0 Å². The molecule has 0 radical (unpaired) electrons. The molecule has 0 amide bonds. The van der Waals surface area contributed by atoms with E-state index in [9.17, 15) is 9.46 Å². The molecule has 1 atom stereocenters. The summed E-state index contributed by atoms with van der Waals surface area (Å²) in [7, 11) is -2.41. The summed E-state index contributed by atoms with van der Waals surface area (Å²) >= 11 is 0. The van der Waals surface area contributed by atoms with E-state index in [1.54, 1.807) is 12.1 Å². The SMILES string of the molecule is CCc1ccc([P+](=O)[O-])cc1. The molecule has 3 heteroatoms. The summed E-state index contributed by atoms with van der Waals surface area (Å²) in [6.45, 7) is 2.03. The molecule has 1 aromatic carbocycles. The third-order valence-electron chi connectivity index (χ3n) is 1.56. The Hall–Kier alpha value is -0.720. The second-order valence-electron chi connectivity index (χ2n) is 2.28. The van der Waals surface area contributed by atoms with E-state index in [0.717, 1.165) is 12.0 Å². The lowest BCUT2D eigenvalue weighted by atomic mass is 10.2. The molecule has 11 heavy (non-hydrogen) atoms. The fraction of sp³-hybridized carbons (Fsp3) is 0.250. The number of benzene rings is 1. The summed E-state index contributed by atoms with van der Waals surface area (Å²) in [5.41, 5.74) is 1.16. The van der Waals surface area contributed by atoms with Crippen LogP contribution in [0, 0.1) is 0 Å². The highest BCUT2D eigenvalue weighted by molar-refractivity contribution is 7.45. The summed E-state index contributed by atoms with van der Waals surface area (Å²) in [4.78, 5) is 10.4. The summed E-state index contributed by atoms with van der Waals surface area (Å²) < 4.78 is 10.4. The molecule has 0 N–H and O–H groups in total. The van der Waals surface area contributed by atoms with Gasteiger partial charge in [0.25, 0.3) is 0 Å². The standard InChI is InChI=1S/C8H9O2P/c1-2-7-3-5-8(6-4-7)11(9)10/h3-6H,2H2,1H3. The van der Waals surface area contributed by atoms with E-state index < -0.39 is 8.03 Å². The van der Waals surface area contributed by atoms with Crippen molar-refractivity contribution in [1.29, 1.82) is 0 Å². The van der Waals surface area contributed by atoms with Gasteiger partial charge >= 0.3 is 8.03 Å². The zero-order chi connectivity index (χ0) is 8.27. The van der Waals surface area contributed by atoms with Crippen LogP contribution in [-0.4, -0.2) is 0 Å². The minimum absolute atomic E-state index is 0.386. The van der Waals surface area contributed by atoms with Gasteiger partial charge in [-0.25, -0.2) is 0 Å². The first kappa shape index (κ1) is 8.38. The lowest BCUT2D eigenvalue weighted by Crippen LogP contribution is -2.03. The maximum absolute atomic E-state index is 10.4. The zero-order valence-electron chi connectivity index (χ0n) is 6.28. The van der Waals surface area contributed by atoms with Crippen molar-refractivity contribution >= 4 is 13.3 Å². The Bertz CT molecular complexity index is 253. The van der Waals surface area contributed by atoms with Gasteiger partial charge in [-0.15, -0.1) is 0 Å². The Morgan fingerprint density at radius 1 is 1.36 bits per heavy atom. The van der Waals surface area contributed by atoms with Crippen LogP contribution in [-0.2, 0) is 11.0 Å². The van der Waals surface area contributed by atoms with Crippen molar-refractivity contribution in [3.63, 3.8) is 0 Å². The van der Waals surface area contributed by atoms with Gasteiger partial charge < -0.3 is 4.89 Å². The lowest BCUT2D eigenvalue weighted by molar-refractivity contribution is -0.160. The Morgan fingerprint density at radius 3 is 2.27 bits per heavy atom. The molecule has 0 aliphatic carbocycles. The van der Waals surface area contributed by atoms with Crippen LogP contribution in [0.3, 0.4) is 0 Å². The van der Waals surface area contributed by atoms with Crippen molar-refractivity contribution in [3.05, 3.63) is 29.8 Å². The molecule has 1 unspecified atom stereocenters. The van der Waals surface area contributed by atoms with E-state index in [-0.39, 0.29) is 0 Å². The van der Waals surface area contributed by atoms with Crippen LogP contribution >= 0.6 is 8.03 Å². The number of hydrogen-bond donors (Lipinski definition) is 0. The molecule has 0 bridgehead atoms. The Kier molecular flexibility index (Phi) is 2.75. The molecule has 2 nitrogen and oxygen atoms in total. The van der Waals surface area contributed by atoms with E-state index in [0.29, 0.717) is 5.30 Å². The van der Waals surface area contributed by atoms with Gasteiger partial charge in [-0.05, 0) is 24.1 Å². The van der Waals surface area contributed by atoms with Crippen LogP contribution in [0.5, 0.6) is 0 Å². The Morgan fingerprint density at radius 2 is 1.91 bits per heavy atom. The van der Waals surface area contributed by atoms with E-state index in [2.05, 4.69) is 0 Å². The number of rotatable bonds is 2. The monoisotopic (exact) mass is 168 g/mol. The van der Waals surface area contributed by atoms with Gasteiger partial charge in [-0.1, -0.05) is 23.6 Å². The molecule has 0 aromatic heterocycles. The first-order valence-electron chi connectivity index (χ1n) is 3.47. The van der Waals surface area contributed by atoms with Crippen LogP contribution in [0.25, 0.3) is 0 Å². The molecular formula is C8H9O2P. The van der Waals surface area contributed by atoms with Gasteiger partial charge in [0.2, 0.25) is 0 Å². The second kappa shape index (κ2) is 3.61. The normalized spacial score (nSPS) is 11.3. The van der Waals surface area contributed by atoms with Crippen LogP contribution in [0.15, 0.2) is 24.3 Å². The highest BCUT2D eigenvalue weighted by Gasteiger charge is 2.04. The van der Waals surface area contributed by atoms with E-state index >= 15 is 0 Å². The van der Waals surface area contributed by atoms with Crippen LogP contribution < -0.4 is 10.2 Å². The molecular weight excluding hydrogens is 159 g/mol. The summed E-state index contributed by atoms with van der Waals surface area (Å²) in [5, 5.41) is 0.386. The van der Waals surface area contributed by atoms with Gasteiger partial charge in [0.05, 0.1) is 0 Å². The van der Waals surface area contributed by atoms with Crippen molar-refractivity contribution in [2.75, 3.05) is 0 Å². The van der Waals surface area contributed by atoms with Crippen molar-refractivity contribution in [3.8, 4) is 0 Å². The summed E-state index contributed by atoms with van der Waals surface area (Å²) in [6, 6.07) is 6.93. The summed E-state index contributed by atoms with van der Waals surface area (Å²) in [5.74, 6) is 0. The highest BCUT2D eigenvalue weighted by Crippen LogP contribution is 2.08. The van der Waals surface area contributed by atoms with Gasteiger partial charge in [0, 0.05) is 0 Å². The van der Waals surface area contributed by atoms with Crippen molar-refractivity contribution in [2.24, 2.45) is 0 Å². The zero-order valence-corrected chi connectivity index (χ0v) is 7.17. The number of hydrogen-bond acceptors (Lipinski definition) is 2. The summed E-state index contributed by atoms with van der Waals surface area (Å²) in [6.07, 6.45) is 0.940. The highest BCUT2D eigenvalue weighted by atomic mass is 31.1. The molecule has 0 spiro atoms. The van der Waals surface area contributed by atoms with E-state index in [4.69, 9.17) is 0 Å². The van der Waals surface area contributed by atoms with Gasteiger partial charge in [-0.2, -0.15) is 0 Å². The number of aryl methyl sites for hydroxylation is 1. The molecule has 1 rings (SSSR count). The third kappa shape index (κ3) is 2.11. The lowest BCUT2D eigenvalue weighted by Gasteiger charge is -1.93. The molecule has 0 aliphatic rings. The molecule has 0 saturated carbocycles. The van der Waals surface area contributed by atoms with Gasteiger partial charge in [0.1, 0.15) is 0 Å². The van der Waals surface area contributed by atoms with Gasteiger partial charge in [0.15, 0.2) is 5.30 Å². The third-order valence-corrected chi connectivity index (χ3v) is 2.28. The second-order valence-corrected chi connectivity index (χ2v) is 3.31. The molecule has 0 saturated heterocycles. The Balaban J connectivity index is 2.91. The minimum Gasteiger partial charge on any atom is -0.591 e. The average Bonchev–Trinajstić information content (AvgIpc) is 2.05. The van der Waals surface area contributed by atoms with Crippen molar-refractivity contribution in [1.82, 2.24) is 0 Å². The average molecular weight is 168 g/mol. The molecule has 58 valence electrons. The molecule has 1 aromatic rings. The Labute approximate surface area is 66.7 Å². The maximum Gasteiger partial charge on any atom is 0.348 e. The first-order valence-corrected chi connectivity index (χ1v) is 4.65.